The molecule has 0 aliphatic carbocycles. The molecular formula is C11H19N3O2S2. The minimum atomic E-state index is -3.39. The van der Waals surface area contributed by atoms with Crippen LogP contribution in [0, 0.1) is 0 Å². The maximum absolute atomic E-state index is 12.2. The number of nitrogens with one attached hydrogen (secondary N) is 1. The Bertz CT molecular complexity index is 498. The van der Waals surface area contributed by atoms with Crippen LogP contribution in [0.5, 0.6) is 0 Å². The van der Waals surface area contributed by atoms with Crippen LogP contribution in [0.15, 0.2) is 16.3 Å². The Hall–Kier alpha value is -0.470. The average Bonchev–Trinajstić information content (AvgIpc) is 2.77. The van der Waals surface area contributed by atoms with Gasteiger partial charge in [0.2, 0.25) is 10.0 Å². The summed E-state index contributed by atoms with van der Waals surface area (Å²) in [4.78, 5) is 3.37. The monoisotopic (exact) mass is 289 g/mol. The fourth-order valence-electron chi connectivity index (χ4n) is 2.16. The number of nitrogens with two attached hydrogens (primary N) is 1. The van der Waals surface area contributed by atoms with Gasteiger partial charge in [0.1, 0.15) is 0 Å². The topological polar surface area (TPSA) is 75.4 Å². The summed E-state index contributed by atoms with van der Waals surface area (Å²) >= 11 is 1.38. The van der Waals surface area contributed by atoms with Gasteiger partial charge in [0.15, 0.2) is 0 Å². The van der Waals surface area contributed by atoms with Crippen molar-refractivity contribution in [3.8, 4) is 0 Å². The van der Waals surface area contributed by atoms with Gasteiger partial charge < -0.3 is 10.6 Å². The Morgan fingerprint density at radius 2 is 2.39 bits per heavy atom. The minimum absolute atomic E-state index is 0.00924. The summed E-state index contributed by atoms with van der Waals surface area (Å²) in [6.45, 7) is 2.19. The second-order valence-corrected chi connectivity index (χ2v) is 7.39. The summed E-state index contributed by atoms with van der Waals surface area (Å²) in [6, 6.07) is 1.66. The molecule has 18 heavy (non-hydrogen) atoms. The van der Waals surface area contributed by atoms with Crippen molar-refractivity contribution in [2.75, 3.05) is 20.1 Å². The lowest BCUT2D eigenvalue weighted by molar-refractivity contribution is 0.242. The number of hydrogen-bond acceptors (Lipinski definition) is 5. The Balaban J connectivity index is 2.06. The van der Waals surface area contributed by atoms with E-state index in [-0.39, 0.29) is 6.04 Å². The highest BCUT2D eigenvalue weighted by Crippen LogP contribution is 2.20. The van der Waals surface area contributed by atoms with E-state index < -0.39 is 10.0 Å². The number of hydrogen-bond donors (Lipinski definition) is 2. The third kappa shape index (κ3) is 3.30. The van der Waals surface area contributed by atoms with E-state index in [2.05, 4.69) is 9.62 Å². The van der Waals surface area contributed by atoms with E-state index in [0.717, 1.165) is 30.8 Å². The van der Waals surface area contributed by atoms with Crippen molar-refractivity contribution in [3.05, 3.63) is 16.3 Å². The Morgan fingerprint density at radius 1 is 1.61 bits per heavy atom. The van der Waals surface area contributed by atoms with Crippen molar-refractivity contribution < 1.29 is 8.42 Å². The maximum atomic E-state index is 12.2. The SMILES string of the molecule is CN1CCCC(NS(=O)(=O)c2csc(CN)c2)C1. The van der Waals surface area contributed by atoms with Gasteiger partial charge in [-0.1, -0.05) is 0 Å². The zero-order chi connectivity index (χ0) is 13.2. The fourth-order valence-corrected chi connectivity index (χ4v) is 4.58. The van der Waals surface area contributed by atoms with Gasteiger partial charge in [-0.2, -0.15) is 0 Å². The number of rotatable bonds is 4. The number of likely N-dealkylation sites (tertiary alicyclic amines) is 1. The van der Waals surface area contributed by atoms with Gasteiger partial charge in [0.25, 0.3) is 0 Å². The van der Waals surface area contributed by atoms with Crippen molar-refractivity contribution in [1.82, 2.24) is 9.62 Å². The third-order valence-corrected chi connectivity index (χ3v) is 5.70. The largest absolute Gasteiger partial charge is 0.326 e. The van der Waals surface area contributed by atoms with Crippen LogP contribution in [-0.4, -0.2) is 39.5 Å². The molecule has 5 nitrogen and oxygen atoms in total. The highest BCUT2D eigenvalue weighted by Gasteiger charge is 2.24. The quantitative estimate of drug-likeness (QED) is 0.850. The lowest BCUT2D eigenvalue weighted by atomic mass is 10.1. The van der Waals surface area contributed by atoms with Crippen LogP contribution in [0.25, 0.3) is 0 Å². The van der Waals surface area contributed by atoms with E-state index in [9.17, 15) is 8.42 Å². The second-order valence-electron chi connectivity index (χ2n) is 4.68. The van der Waals surface area contributed by atoms with Crippen molar-refractivity contribution in [1.29, 1.82) is 0 Å². The lowest BCUT2D eigenvalue weighted by Crippen LogP contribution is -2.46. The van der Waals surface area contributed by atoms with E-state index in [0.29, 0.717) is 11.4 Å². The first kappa shape index (κ1) is 14.0. The van der Waals surface area contributed by atoms with Crippen molar-refractivity contribution in [2.24, 2.45) is 5.73 Å². The summed E-state index contributed by atoms with van der Waals surface area (Å²) in [5.74, 6) is 0. The first-order valence-corrected chi connectivity index (χ1v) is 8.36. The summed E-state index contributed by atoms with van der Waals surface area (Å²) < 4.78 is 27.1. The molecule has 0 saturated carbocycles. The highest BCUT2D eigenvalue weighted by atomic mass is 32.2. The number of likely N-dealkylation sites (N-methyl/N-ethyl adjacent to an activating group) is 1. The summed E-state index contributed by atoms with van der Waals surface area (Å²) in [5, 5.41) is 1.65. The van der Waals surface area contributed by atoms with Gasteiger partial charge in [-0.3, -0.25) is 0 Å². The Morgan fingerprint density at radius 3 is 3.00 bits per heavy atom. The number of nitrogens with zero attached hydrogens (tertiary/aromatic N) is 1. The average molecular weight is 289 g/mol. The molecule has 1 aromatic rings. The van der Waals surface area contributed by atoms with E-state index in [4.69, 9.17) is 5.73 Å². The third-order valence-electron chi connectivity index (χ3n) is 3.09. The maximum Gasteiger partial charge on any atom is 0.241 e. The van der Waals surface area contributed by atoms with E-state index in [1.807, 2.05) is 7.05 Å². The predicted octanol–water partition coefficient (Wildman–Crippen LogP) is 0.579. The normalized spacial score (nSPS) is 22.2. The molecule has 1 aliphatic heterocycles. The van der Waals surface area contributed by atoms with Gasteiger partial charge in [-0.25, -0.2) is 13.1 Å². The second kappa shape index (κ2) is 5.66. The molecule has 0 amide bonds. The van der Waals surface area contributed by atoms with Gasteiger partial charge in [-0.15, -0.1) is 11.3 Å². The molecule has 7 heteroatoms. The van der Waals surface area contributed by atoms with Crippen molar-refractivity contribution >= 4 is 21.4 Å². The van der Waals surface area contributed by atoms with Crippen LogP contribution in [0.3, 0.4) is 0 Å². The number of piperidine rings is 1. The first-order valence-electron chi connectivity index (χ1n) is 5.99. The zero-order valence-corrected chi connectivity index (χ0v) is 12.1. The van der Waals surface area contributed by atoms with Crippen LogP contribution >= 0.6 is 11.3 Å². The molecular weight excluding hydrogens is 270 g/mol. The molecule has 1 unspecified atom stereocenters. The van der Waals surface area contributed by atoms with Crippen molar-refractivity contribution in [2.45, 2.75) is 30.3 Å². The fraction of sp³-hybridized carbons (Fsp3) is 0.636. The van der Waals surface area contributed by atoms with Crippen LogP contribution in [0.4, 0.5) is 0 Å². The van der Waals surface area contributed by atoms with E-state index in [1.54, 1.807) is 11.4 Å². The summed E-state index contributed by atoms with van der Waals surface area (Å²) in [5.41, 5.74) is 5.50. The molecule has 0 aromatic carbocycles. The molecule has 1 saturated heterocycles. The van der Waals surface area contributed by atoms with Gasteiger partial charge in [0.05, 0.1) is 4.90 Å². The van der Waals surface area contributed by atoms with Gasteiger partial charge in [-0.05, 0) is 32.5 Å². The Kier molecular flexibility index (Phi) is 4.39. The molecule has 0 spiro atoms. The molecule has 3 N–H and O–H groups in total. The van der Waals surface area contributed by atoms with Gasteiger partial charge in [0, 0.05) is 29.4 Å². The molecule has 1 aromatic heterocycles. The smallest absolute Gasteiger partial charge is 0.241 e. The van der Waals surface area contributed by atoms with Crippen LogP contribution in [0.2, 0.25) is 0 Å². The Labute approximate surface area is 112 Å². The van der Waals surface area contributed by atoms with E-state index >= 15 is 0 Å². The highest BCUT2D eigenvalue weighted by molar-refractivity contribution is 7.89. The molecule has 1 aliphatic rings. The lowest BCUT2D eigenvalue weighted by Gasteiger charge is -2.29. The number of thiophene rings is 1. The predicted molar refractivity (Wildman–Crippen MR) is 73.1 cm³/mol. The molecule has 0 bridgehead atoms. The van der Waals surface area contributed by atoms with Crippen LogP contribution in [0.1, 0.15) is 17.7 Å². The van der Waals surface area contributed by atoms with Crippen LogP contribution < -0.4 is 10.5 Å². The molecule has 1 fully saturated rings. The summed E-state index contributed by atoms with van der Waals surface area (Å²) in [7, 11) is -1.38. The van der Waals surface area contributed by atoms with Gasteiger partial charge >= 0.3 is 0 Å². The molecule has 0 radical (unpaired) electrons. The standard InChI is InChI=1S/C11H19N3O2S2/c1-14-4-2-3-9(7-14)13-18(15,16)11-5-10(6-12)17-8-11/h5,8-9,13H,2-4,6-7,12H2,1H3. The minimum Gasteiger partial charge on any atom is -0.326 e. The molecule has 2 rings (SSSR count). The molecule has 102 valence electrons. The number of sulfonamides is 1. The van der Waals surface area contributed by atoms with Crippen molar-refractivity contribution in [3.63, 3.8) is 0 Å². The van der Waals surface area contributed by atoms with E-state index in [1.165, 1.54) is 11.3 Å². The van der Waals surface area contributed by atoms with Crippen LogP contribution in [-0.2, 0) is 16.6 Å². The first-order chi connectivity index (χ1) is 8.51. The molecule has 1 atom stereocenters. The zero-order valence-electron chi connectivity index (χ0n) is 10.4. The summed E-state index contributed by atoms with van der Waals surface area (Å²) in [6.07, 6.45) is 1.93. The molecule has 2 heterocycles.